The standard InChI is InChI=1S/C12H18N2O3/c1-8(6-7-17-2)14-11-9(12(15)16)4-3-5-10(11)13/h3-5,8,14H,6-7,13H2,1-2H3,(H,15,16). The molecule has 1 rings (SSSR count). The Balaban J connectivity index is 2.85. The molecule has 4 N–H and O–H groups in total. The van der Waals surface area contributed by atoms with Gasteiger partial charge in [0, 0.05) is 19.8 Å². The number of ether oxygens (including phenoxy) is 1. The number of para-hydroxylation sites is 1. The average molecular weight is 238 g/mol. The van der Waals surface area contributed by atoms with Gasteiger partial charge in [-0.15, -0.1) is 0 Å². The molecule has 1 atom stereocenters. The molecule has 1 aromatic rings. The third-order valence-electron chi connectivity index (χ3n) is 2.47. The fourth-order valence-corrected chi connectivity index (χ4v) is 1.52. The minimum absolute atomic E-state index is 0.0951. The van der Waals surface area contributed by atoms with Crippen molar-refractivity contribution in [3.63, 3.8) is 0 Å². The quantitative estimate of drug-likeness (QED) is 0.658. The fourth-order valence-electron chi connectivity index (χ4n) is 1.52. The van der Waals surface area contributed by atoms with Crippen molar-refractivity contribution in [3.05, 3.63) is 23.8 Å². The zero-order chi connectivity index (χ0) is 12.8. The van der Waals surface area contributed by atoms with Gasteiger partial charge in [0.2, 0.25) is 0 Å². The van der Waals surface area contributed by atoms with Crippen LogP contribution < -0.4 is 11.1 Å². The van der Waals surface area contributed by atoms with E-state index in [0.29, 0.717) is 18.0 Å². The third kappa shape index (κ3) is 3.64. The highest BCUT2D eigenvalue weighted by Crippen LogP contribution is 2.24. The number of nitrogens with two attached hydrogens (primary N) is 1. The summed E-state index contributed by atoms with van der Waals surface area (Å²) in [6, 6.07) is 4.93. The molecule has 0 bridgehead atoms. The number of hydrogen-bond donors (Lipinski definition) is 3. The molecule has 0 saturated carbocycles. The molecular weight excluding hydrogens is 220 g/mol. The maximum Gasteiger partial charge on any atom is 0.337 e. The lowest BCUT2D eigenvalue weighted by Gasteiger charge is -2.18. The van der Waals surface area contributed by atoms with E-state index in [0.717, 1.165) is 6.42 Å². The Labute approximate surface area is 101 Å². The van der Waals surface area contributed by atoms with Crippen molar-refractivity contribution >= 4 is 17.3 Å². The number of carboxylic acid groups (broad SMARTS) is 1. The average Bonchev–Trinajstić information content (AvgIpc) is 2.28. The van der Waals surface area contributed by atoms with Crippen LogP contribution in [0.3, 0.4) is 0 Å². The van der Waals surface area contributed by atoms with E-state index in [-0.39, 0.29) is 11.6 Å². The van der Waals surface area contributed by atoms with Crippen LogP contribution >= 0.6 is 0 Å². The van der Waals surface area contributed by atoms with Crippen molar-refractivity contribution < 1.29 is 14.6 Å². The molecule has 94 valence electrons. The first-order valence-electron chi connectivity index (χ1n) is 5.43. The molecule has 0 saturated heterocycles. The van der Waals surface area contributed by atoms with Crippen LogP contribution in [0.5, 0.6) is 0 Å². The third-order valence-corrected chi connectivity index (χ3v) is 2.47. The normalized spacial score (nSPS) is 12.1. The lowest BCUT2D eigenvalue weighted by molar-refractivity contribution is 0.0698. The summed E-state index contributed by atoms with van der Waals surface area (Å²) in [7, 11) is 1.63. The van der Waals surface area contributed by atoms with Crippen molar-refractivity contribution in [2.24, 2.45) is 0 Å². The number of rotatable bonds is 6. The number of nitrogens with one attached hydrogen (secondary N) is 1. The lowest BCUT2D eigenvalue weighted by Crippen LogP contribution is -2.20. The zero-order valence-corrected chi connectivity index (χ0v) is 10.1. The van der Waals surface area contributed by atoms with Gasteiger partial charge in [-0.05, 0) is 25.5 Å². The van der Waals surface area contributed by atoms with Crippen LogP contribution in [0.2, 0.25) is 0 Å². The number of carbonyl (C=O) groups is 1. The summed E-state index contributed by atoms with van der Waals surface area (Å²) < 4.78 is 4.97. The molecule has 0 aliphatic rings. The second-order valence-electron chi connectivity index (χ2n) is 3.90. The summed E-state index contributed by atoms with van der Waals surface area (Å²) in [5.74, 6) is -0.987. The molecule has 0 aliphatic heterocycles. The van der Waals surface area contributed by atoms with Crippen LogP contribution in [0.1, 0.15) is 23.7 Å². The fraction of sp³-hybridized carbons (Fsp3) is 0.417. The van der Waals surface area contributed by atoms with Crippen molar-refractivity contribution in [1.29, 1.82) is 0 Å². The summed E-state index contributed by atoms with van der Waals surface area (Å²) in [6.45, 7) is 2.57. The Kier molecular flexibility index (Phi) is 4.78. The monoisotopic (exact) mass is 238 g/mol. The van der Waals surface area contributed by atoms with E-state index < -0.39 is 5.97 Å². The van der Waals surface area contributed by atoms with Gasteiger partial charge in [-0.3, -0.25) is 0 Å². The summed E-state index contributed by atoms with van der Waals surface area (Å²) in [6.07, 6.45) is 0.782. The van der Waals surface area contributed by atoms with Crippen molar-refractivity contribution in [2.75, 3.05) is 24.8 Å². The Hall–Kier alpha value is -1.75. The summed E-state index contributed by atoms with van der Waals surface area (Å²) >= 11 is 0. The van der Waals surface area contributed by atoms with Gasteiger partial charge in [-0.25, -0.2) is 4.79 Å². The van der Waals surface area contributed by atoms with E-state index in [1.54, 1.807) is 19.2 Å². The van der Waals surface area contributed by atoms with E-state index >= 15 is 0 Å². The van der Waals surface area contributed by atoms with Gasteiger partial charge in [0.25, 0.3) is 0 Å². The summed E-state index contributed by atoms with van der Waals surface area (Å²) in [5, 5.41) is 12.2. The largest absolute Gasteiger partial charge is 0.478 e. The zero-order valence-electron chi connectivity index (χ0n) is 10.1. The number of methoxy groups -OCH3 is 1. The molecule has 0 spiro atoms. The molecule has 17 heavy (non-hydrogen) atoms. The van der Waals surface area contributed by atoms with Gasteiger partial charge in [0.1, 0.15) is 0 Å². The maximum absolute atomic E-state index is 11.0. The second kappa shape index (κ2) is 6.10. The Bertz CT molecular complexity index is 393. The minimum atomic E-state index is -0.987. The van der Waals surface area contributed by atoms with Crippen LogP contribution in [-0.4, -0.2) is 30.8 Å². The number of hydrogen-bond acceptors (Lipinski definition) is 4. The molecule has 0 amide bonds. The number of carboxylic acids is 1. The van der Waals surface area contributed by atoms with Crippen LogP contribution in [0.25, 0.3) is 0 Å². The van der Waals surface area contributed by atoms with Crippen molar-refractivity contribution in [3.8, 4) is 0 Å². The van der Waals surface area contributed by atoms with Crippen molar-refractivity contribution in [1.82, 2.24) is 0 Å². The highest BCUT2D eigenvalue weighted by molar-refractivity contribution is 5.97. The molecular formula is C12H18N2O3. The predicted octanol–water partition coefficient (Wildman–Crippen LogP) is 1.80. The smallest absolute Gasteiger partial charge is 0.337 e. The Morgan fingerprint density at radius 1 is 1.59 bits per heavy atom. The molecule has 0 fully saturated rings. The maximum atomic E-state index is 11.0. The molecule has 1 aromatic carbocycles. The van der Waals surface area contributed by atoms with Gasteiger partial charge < -0.3 is 20.9 Å². The Morgan fingerprint density at radius 3 is 2.88 bits per heavy atom. The topological polar surface area (TPSA) is 84.6 Å². The van der Waals surface area contributed by atoms with Gasteiger partial charge in [-0.1, -0.05) is 6.07 Å². The first kappa shape index (κ1) is 13.3. The first-order chi connectivity index (χ1) is 8.06. The minimum Gasteiger partial charge on any atom is -0.478 e. The number of aromatic carboxylic acids is 1. The predicted molar refractivity (Wildman–Crippen MR) is 67.4 cm³/mol. The van der Waals surface area contributed by atoms with Crippen LogP contribution in [0.4, 0.5) is 11.4 Å². The summed E-state index contributed by atoms with van der Waals surface area (Å²) in [5.41, 5.74) is 6.88. The highest BCUT2D eigenvalue weighted by atomic mass is 16.5. The molecule has 5 heteroatoms. The van der Waals surface area contributed by atoms with Gasteiger partial charge in [0.05, 0.1) is 16.9 Å². The molecule has 1 unspecified atom stereocenters. The van der Waals surface area contributed by atoms with E-state index in [1.165, 1.54) is 6.07 Å². The summed E-state index contributed by atoms with van der Waals surface area (Å²) in [4.78, 5) is 11.0. The number of anilines is 2. The van der Waals surface area contributed by atoms with Crippen LogP contribution in [-0.2, 0) is 4.74 Å². The SMILES string of the molecule is COCCC(C)Nc1c(N)cccc1C(=O)O. The van der Waals surface area contributed by atoms with Gasteiger partial charge >= 0.3 is 5.97 Å². The first-order valence-corrected chi connectivity index (χ1v) is 5.43. The van der Waals surface area contributed by atoms with E-state index in [9.17, 15) is 4.79 Å². The van der Waals surface area contributed by atoms with Crippen LogP contribution in [0, 0.1) is 0 Å². The number of benzene rings is 1. The molecule has 0 aliphatic carbocycles. The molecule has 0 aromatic heterocycles. The number of nitrogen functional groups attached to an aromatic ring is 1. The van der Waals surface area contributed by atoms with Crippen molar-refractivity contribution in [2.45, 2.75) is 19.4 Å². The molecule has 5 nitrogen and oxygen atoms in total. The van der Waals surface area contributed by atoms with E-state index in [1.807, 2.05) is 6.92 Å². The van der Waals surface area contributed by atoms with Gasteiger partial charge in [-0.2, -0.15) is 0 Å². The van der Waals surface area contributed by atoms with Crippen LogP contribution in [0.15, 0.2) is 18.2 Å². The lowest BCUT2D eigenvalue weighted by atomic mass is 10.1. The highest BCUT2D eigenvalue weighted by Gasteiger charge is 2.14. The molecule has 0 radical (unpaired) electrons. The van der Waals surface area contributed by atoms with E-state index in [2.05, 4.69) is 5.32 Å². The van der Waals surface area contributed by atoms with E-state index in [4.69, 9.17) is 15.6 Å². The second-order valence-corrected chi connectivity index (χ2v) is 3.90. The van der Waals surface area contributed by atoms with Gasteiger partial charge in [0.15, 0.2) is 0 Å². The molecule has 0 heterocycles. The Morgan fingerprint density at radius 2 is 2.29 bits per heavy atom.